The molecule has 0 saturated carbocycles. The van der Waals surface area contributed by atoms with E-state index < -0.39 is 0 Å². The summed E-state index contributed by atoms with van der Waals surface area (Å²) in [6, 6.07) is 6.80. The zero-order valence-corrected chi connectivity index (χ0v) is 9.54. The highest BCUT2D eigenvalue weighted by Gasteiger charge is 2.14. The lowest BCUT2D eigenvalue weighted by Gasteiger charge is -2.02. The molecule has 3 heteroatoms. The summed E-state index contributed by atoms with van der Waals surface area (Å²) in [6.45, 7) is 2.07. The van der Waals surface area contributed by atoms with E-state index in [0.29, 0.717) is 11.5 Å². The Hall–Kier alpha value is -2.16. The van der Waals surface area contributed by atoms with Gasteiger partial charge < -0.3 is 0 Å². The molecule has 1 aromatic carbocycles. The van der Waals surface area contributed by atoms with E-state index in [1.54, 1.807) is 12.1 Å². The van der Waals surface area contributed by atoms with Crippen LogP contribution in [-0.2, 0) is 0 Å². The summed E-state index contributed by atoms with van der Waals surface area (Å²) in [6.07, 6.45) is 9.87. The Morgan fingerprint density at radius 3 is 2.76 bits per heavy atom. The Morgan fingerprint density at radius 1 is 1.24 bits per heavy atom. The summed E-state index contributed by atoms with van der Waals surface area (Å²) in [7, 11) is 0. The molecule has 0 aliphatic heterocycles. The molecule has 0 saturated heterocycles. The number of rotatable bonds is 2. The van der Waals surface area contributed by atoms with Crippen molar-refractivity contribution in [3.63, 3.8) is 0 Å². The Bertz CT molecular complexity index is 527. The molecule has 86 valence electrons. The molecule has 0 heterocycles. The van der Waals surface area contributed by atoms with Crippen LogP contribution in [0.1, 0.15) is 12.5 Å². The van der Waals surface area contributed by atoms with Crippen molar-refractivity contribution < 1.29 is 4.92 Å². The van der Waals surface area contributed by atoms with Crippen LogP contribution in [0.4, 0.5) is 5.69 Å². The number of nitrogens with zero attached hydrogens (tertiary/aromatic N) is 1. The third kappa shape index (κ3) is 2.50. The standard InChI is InChI=1S/C14H13NO2/c1-11-5-4-6-12(10-9-11)13-7-2-3-8-14(13)15(16)17/h2-11H,1H3. The maximum Gasteiger partial charge on any atom is 0.277 e. The molecule has 17 heavy (non-hydrogen) atoms. The second-order valence-electron chi connectivity index (χ2n) is 4.00. The highest BCUT2D eigenvalue weighted by molar-refractivity contribution is 5.80. The van der Waals surface area contributed by atoms with Crippen molar-refractivity contribution in [2.75, 3.05) is 0 Å². The molecule has 2 rings (SSSR count). The number of hydrogen-bond donors (Lipinski definition) is 0. The zero-order valence-electron chi connectivity index (χ0n) is 9.54. The van der Waals surface area contributed by atoms with Gasteiger partial charge in [-0.05, 0) is 17.6 Å². The Labute approximate surface area is 99.9 Å². The molecular formula is C14H13NO2. The summed E-state index contributed by atoms with van der Waals surface area (Å²) in [5, 5.41) is 11.0. The molecular weight excluding hydrogens is 214 g/mol. The first-order valence-corrected chi connectivity index (χ1v) is 5.49. The van der Waals surface area contributed by atoms with Gasteiger partial charge in [-0.1, -0.05) is 49.4 Å². The van der Waals surface area contributed by atoms with Gasteiger partial charge in [0.15, 0.2) is 0 Å². The third-order valence-electron chi connectivity index (χ3n) is 2.68. The van der Waals surface area contributed by atoms with Crippen molar-refractivity contribution in [3.05, 3.63) is 70.3 Å². The van der Waals surface area contributed by atoms with Gasteiger partial charge in [0.05, 0.1) is 10.5 Å². The first kappa shape index (κ1) is 11.3. The van der Waals surface area contributed by atoms with Crippen LogP contribution in [-0.4, -0.2) is 4.92 Å². The van der Waals surface area contributed by atoms with Crippen molar-refractivity contribution in [1.82, 2.24) is 0 Å². The lowest BCUT2D eigenvalue weighted by Crippen LogP contribution is -1.93. The van der Waals surface area contributed by atoms with Gasteiger partial charge in [-0.2, -0.15) is 0 Å². The lowest BCUT2D eigenvalue weighted by atomic mass is 10.0. The monoisotopic (exact) mass is 227 g/mol. The topological polar surface area (TPSA) is 43.1 Å². The van der Waals surface area contributed by atoms with E-state index in [2.05, 4.69) is 13.0 Å². The van der Waals surface area contributed by atoms with Crippen LogP contribution in [0.25, 0.3) is 5.57 Å². The van der Waals surface area contributed by atoms with Crippen LogP contribution in [0.3, 0.4) is 0 Å². The fraction of sp³-hybridized carbons (Fsp3) is 0.143. The van der Waals surface area contributed by atoms with E-state index in [1.165, 1.54) is 6.07 Å². The predicted octanol–water partition coefficient (Wildman–Crippen LogP) is 3.74. The van der Waals surface area contributed by atoms with E-state index >= 15 is 0 Å². The van der Waals surface area contributed by atoms with Crippen molar-refractivity contribution in [2.45, 2.75) is 6.92 Å². The number of para-hydroxylation sites is 1. The highest BCUT2D eigenvalue weighted by Crippen LogP contribution is 2.28. The minimum Gasteiger partial charge on any atom is -0.258 e. The fourth-order valence-corrected chi connectivity index (χ4v) is 1.77. The number of hydrogen-bond acceptors (Lipinski definition) is 2. The summed E-state index contributed by atoms with van der Waals surface area (Å²) < 4.78 is 0. The van der Waals surface area contributed by atoms with Crippen LogP contribution in [0.15, 0.2) is 54.6 Å². The van der Waals surface area contributed by atoms with E-state index in [0.717, 1.165) is 5.57 Å². The highest BCUT2D eigenvalue weighted by atomic mass is 16.6. The third-order valence-corrected chi connectivity index (χ3v) is 2.68. The van der Waals surface area contributed by atoms with Gasteiger partial charge in [0.2, 0.25) is 0 Å². The fourth-order valence-electron chi connectivity index (χ4n) is 1.77. The minimum atomic E-state index is -0.345. The zero-order chi connectivity index (χ0) is 12.3. The lowest BCUT2D eigenvalue weighted by molar-refractivity contribution is -0.385. The van der Waals surface area contributed by atoms with Gasteiger partial charge in [0.1, 0.15) is 0 Å². The maximum atomic E-state index is 11.0. The van der Waals surface area contributed by atoms with Gasteiger partial charge >= 0.3 is 0 Å². The molecule has 3 nitrogen and oxygen atoms in total. The van der Waals surface area contributed by atoms with Gasteiger partial charge in [0, 0.05) is 6.07 Å². The number of allylic oxidation sites excluding steroid dienone is 6. The van der Waals surface area contributed by atoms with Crippen LogP contribution in [0, 0.1) is 16.0 Å². The molecule has 0 N–H and O–H groups in total. The smallest absolute Gasteiger partial charge is 0.258 e. The van der Waals surface area contributed by atoms with E-state index in [-0.39, 0.29) is 10.6 Å². The first-order chi connectivity index (χ1) is 8.18. The summed E-state index contributed by atoms with van der Waals surface area (Å²) >= 11 is 0. The summed E-state index contributed by atoms with van der Waals surface area (Å²) in [5.74, 6) is 0.353. The average Bonchev–Trinajstić information content (AvgIpc) is 2.54. The van der Waals surface area contributed by atoms with Crippen molar-refractivity contribution >= 4 is 11.3 Å². The van der Waals surface area contributed by atoms with Crippen LogP contribution in [0.2, 0.25) is 0 Å². The SMILES string of the molecule is CC1C=CC=C(c2ccccc2[N+](=O)[O-])C=C1. The van der Waals surface area contributed by atoms with E-state index in [4.69, 9.17) is 0 Å². The Balaban J connectivity index is 2.48. The molecule has 0 aromatic heterocycles. The molecule has 0 fully saturated rings. The largest absolute Gasteiger partial charge is 0.277 e. The van der Waals surface area contributed by atoms with Crippen molar-refractivity contribution in [2.24, 2.45) is 5.92 Å². The molecule has 0 radical (unpaired) electrons. The number of benzene rings is 1. The summed E-state index contributed by atoms with van der Waals surface area (Å²) in [4.78, 5) is 10.6. The van der Waals surface area contributed by atoms with Crippen LogP contribution >= 0.6 is 0 Å². The van der Waals surface area contributed by atoms with Crippen LogP contribution in [0.5, 0.6) is 0 Å². The maximum absolute atomic E-state index is 11.0. The minimum absolute atomic E-state index is 0.145. The molecule has 1 aromatic rings. The van der Waals surface area contributed by atoms with Crippen molar-refractivity contribution in [3.8, 4) is 0 Å². The summed E-state index contributed by atoms with van der Waals surface area (Å²) in [5.41, 5.74) is 1.68. The Morgan fingerprint density at radius 2 is 2.00 bits per heavy atom. The molecule has 1 aliphatic rings. The quantitative estimate of drug-likeness (QED) is 0.570. The van der Waals surface area contributed by atoms with Gasteiger partial charge in [-0.25, -0.2) is 0 Å². The Kier molecular flexibility index (Phi) is 3.19. The number of nitro groups is 1. The molecule has 0 bridgehead atoms. The van der Waals surface area contributed by atoms with Gasteiger partial charge in [-0.15, -0.1) is 0 Å². The van der Waals surface area contributed by atoms with Gasteiger partial charge in [-0.3, -0.25) is 10.1 Å². The van der Waals surface area contributed by atoms with E-state index in [9.17, 15) is 10.1 Å². The first-order valence-electron chi connectivity index (χ1n) is 5.49. The average molecular weight is 227 g/mol. The number of nitro benzene ring substituents is 1. The second kappa shape index (κ2) is 4.78. The molecule has 1 aliphatic carbocycles. The molecule has 1 atom stereocenters. The molecule has 0 amide bonds. The van der Waals surface area contributed by atoms with Crippen LogP contribution < -0.4 is 0 Å². The molecule has 0 spiro atoms. The van der Waals surface area contributed by atoms with E-state index in [1.807, 2.05) is 30.4 Å². The normalized spacial score (nSPS) is 18.6. The molecule has 1 unspecified atom stereocenters. The predicted molar refractivity (Wildman–Crippen MR) is 68.5 cm³/mol. The van der Waals surface area contributed by atoms with Crippen molar-refractivity contribution in [1.29, 1.82) is 0 Å². The second-order valence-corrected chi connectivity index (χ2v) is 4.00. The van der Waals surface area contributed by atoms with Gasteiger partial charge in [0.25, 0.3) is 5.69 Å².